The Labute approximate surface area is 169 Å². The average Bonchev–Trinajstić information content (AvgIpc) is 3.09. The molecule has 3 rings (SSSR count). The number of aromatic nitrogens is 1. The molecule has 1 amide bonds. The Morgan fingerprint density at radius 3 is 2.72 bits per heavy atom. The van der Waals surface area contributed by atoms with Crippen molar-refractivity contribution < 1.29 is 27.1 Å². The normalized spacial score (nSPS) is 19.2. The second kappa shape index (κ2) is 8.16. The minimum absolute atomic E-state index is 0.0291. The zero-order valence-electron chi connectivity index (χ0n) is 15.4. The van der Waals surface area contributed by atoms with Crippen LogP contribution in [0.15, 0.2) is 30.5 Å². The number of halogens is 5. The van der Waals surface area contributed by atoms with Gasteiger partial charge in [-0.3, -0.25) is 9.78 Å². The van der Waals surface area contributed by atoms with Gasteiger partial charge in [-0.2, -0.15) is 13.2 Å². The van der Waals surface area contributed by atoms with E-state index in [0.29, 0.717) is 19.6 Å². The summed E-state index contributed by atoms with van der Waals surface area (Å²) < 4.78 is 59.1. The van der Waals surface area contributed by atoms with Gasteiger partial charge in [0.25, 0.3) is 0 Å². The molecule has 0 saturated carbocycles. The van der Waals surface area contributed by atoms with Crippen LogP contribution in [0, 0.1) is 11.2 Å². The van der Waals surface area contributed by atoms with Crippen LogP contribution in [-0.4, -0.2) is 24.1 Å². The first-order valence-electron chi connectivity index (χ1n) is 8.73. The lowest BCUT2D eigenvalue weighted by Gasteiger charge is -2.20. The predicted octanol–water partition coefficient (Wildman–Crippen LogP) is 4.68. The number of anilines is 2. The summed E-state index contributed by atoms with van der Waals surface area (Å²) in [6.45, 7) is 2.40. The zero-order valence-corrected chi connectivity index (χ0v) is 16.1. The lowest BCUT2D eigenvalue weighted by Crippen LogP contribution is -2.39. The molecule has 0 radical (unpaired) electrons. The Balaban J connectivity index is 1.71. The fourth-order valence-electron chi connectivity index (χ4n) is 2.90. The number of amides is 1. The molecule has 10 heteroatoms. The summed E-state index contributed by atoms with van der Waals surface area (Å²) in [5.41, 5.74) is -1.92. The highest BCUT2D eigenvalue weighted by molar-refractivity contribution is 6.30. The van der Waals surface area contributed by atoms with E-state index in [1.54, 1.807) is 6.92 Å². The third-order valence-corrected chi connectivity index (χ3v) is 4.90. The van der Waals surface area contributed by atoms with Crippen LogP contribution in [0.4, 0.5) is 28.9 Å². The summed E-state index contributed by atoms with van der Waals surface area (Å²) in [4.78, 5) is 16.2. The SMILES string of the molecule is C[C@@]1(C(=O)NCc2ncc(Nc3ccc(Cl)cc3C(F)(F)F)cc2F)CCOC1. The molecule has 0 bridgehead atoms. The Hall–Kier alpha value is -2.39. The van der Waals surface area contributed by atoms with E-state index in [2.05, 4.69) is 15.6 Å². The second-order valence-electron chi connectivity index (χ2n) is 7.01. The third-order valence-electron chi connectivity index (χ3n) is 4.67. The number of carbonyl (C=O) groups excluding carboxylic acids is 1. The summed E-state index contributed by atoms with van der Waals surface area (Å²) in [6.07, 6.45) is -2.87. The quantitative estimate of drug-likeness (QED) is 0.675. The number of alkyl halides is 3. The first-order valence-corrected chi connectivity index (χ1v) is 9.10. The largest absolute Gasteiger partial charge is 0.418 e. The van der Waals surface area contributed by atoms with Crippen LogP contribution in [0.2, 0.25) is 5.02 Å². The summed E-state index contributed by atoms with van der Waals surface area (Å²) >= 11 is 5.65. The molecule has 1 aromatic heterocycles. The summed E-state index contributed by atoms with van der Waals surface area (Å²) in [5.74, 6) is -1.03. The number of carbonyl (C=O) groups is 1. The molecule has 5 nitrogen and oxygen atoms in total. The molecule has 1 atom stereocenters. The molecule has 0 unspecified atom stereocenters. The van der Waals surface area contributed by atoms with Crippen molar-refractivity contribution in [2.45, 2.75) is 26.1 Å². The number of hydrogen-bond acceptors (Lipinski definition) is 4. The number of benzene rings is 1. The second-order valence-corrected chi connectivity index (χ2v) is 7.45. The Morgan fingerprint density at radius 1 is 1.34 bits per heavy atom. The van der Waals surface area contributed by atoms with Crippen LogP contribution in [0.5, 0.6) is 0 Å². The van der Waals surface area contributed by atoms with E-state index < -0.39 is 23.0 Å². The maximum absolute atomic E-state index is 14.4. The fraction of sp³-hybridized carbons (Fsp3) is 0.368. The van der Waals surface area contributed by atoms with E-state index in [1.807, 2.05) is 0 Å². The molecular formula is C19H18ClF4N3O2. The summed E-state index contributed by atoms with van der Waals surface area (Å²) in [7, 11) is 0. The van der Waals surface area contributed by atoms with Gasteiger partial charge in [0.1, 0.15) is 5.82 Å². The Morgan fingerprint density at radius 2 is 2.10 bits per heavy atom. The van der Waals surface area contributed by atoms with E-state index in [9.17, 15) is 22.4 Å². The van der Waals surface area contributed by atoms with Crippen LogP contribution < -0.4 is 10.6 Å². The van der Waals surface area contributed by atoms with Crippen molar-refractivity contribution in [2.75, 3.05) is 18.5 Å². The number of rotatable bonds is 5. The molecule has 2 heterocycles. The van der Waals surface area contributed by atoms with Crippen molar-refractivity contribution in [2.24, 2.45) is 5.41 Å². The van der Waals surface area contributed by atoms with Gasteiger partial charge in [0.15, 0.2) is 0 Å². The molecule has 29 heavy (non-hydrogen) atoms. The highest BCUT2D eigenvalue weighted by atomic mass is 35.5. The molecule has 1 aromatic carbocycles. The van der Waals surface area contributed by atoms with Crippen molar-refractivity contribution in [1.82, 2.24) is 10.3 Å². The smallest absolute Gasteiger partial charge is 0.380 e. The number of hydrogen-bond donors (Lipinski definition) is 2. The van der Waals surface area contributed by atoms with Gasteiger partial charge in [-0.15, -0.1) is 0 Å². The van der Waals surface area contributed by atoms with Crippen molar-refractivity contribution in [3.8, 4) is 0 Å². The molecule has 2 aromatic rings. The van der Waals surface area contributed by atoms with Gasteiger partial charge in [0.05, 0.1) is 47.4 Å². The average molecular weight is 432 g/mol. The maximum Gasteiger partial charge on any atom is 0.418 e. The highest BCUT2D eigenvalue weighted by Crippen LogP contribution is 2.37. The first kappa shape index (κ1) is 21.3. The van der Waals surface area contributed by atoms with Crippen LogP contribution in [-0.2, 0) is 22.3 Å². The number of ether oxygens (including phenoxy) is 1. The summed E-state index contributed by atoms with van der Waals surface area (Å²) in [6, 6.07) is 4.25. The predicted molar refractivity (Wildman–Crippen MR) is 99.3 cm³/mol. The van der Waals surface area contributed by atoms with Gasteiger partial charge in [-0.1, -0.05) is 11.6 Å². The molecule has 0 spiro atoms. The first-order chi connectivity index (χ1) is 13.6. The molecule has 0 aliphatic carbocycles. The molecule has 1 fully saturated rings. The van der Waals surface area contributed by atoms with Crippen molar-refractivity contribution in [1.29, 1.82) is 0 Å². The van der Waals surface area contributed by atoms with E-state index in [4.69, 9.17) is 16.3 Å². The molecular weight excluding hydrogens is 414 g/mol. The van der Waals surface area contributed by atoms with E-state index in [1.165, 1.54) is 12.3 Å². The van der Waals surface area contributed by atoms with Crippen molar-refractivity contribution in [3.05, 3.63) is 52.6 Å². The molecule has 156 valence electrons. The number of pyridine rings is 1. The number of nitrogens with zero attached hydrogens (tertiary/aromatic N) is 1. The Kier molecular flexibility index (Phi) is 6.00. The van der Waals surface area contributed by atoms with Gasteiger partial charge in [0.2, 0.25) is 5.91 Å². The lowest BCUT2D eigenvalue weighted by atomic mass is 9.89. The van der Waals surface area contributed by atoms with Gasteiger partial charge in [0, 0.05) is 17.7 Å². The van der Waals surface area contributed by atoms with Gasteiger partial charge in [-0.05, 0) is 31.5 Å². The van der Waals surface area contributed by atoms with E-state index >= 15 is 0 Å². The monoisotopic (exact) mass is 431 g/mol. The minimum atomic E-state index is -4.64. The molecule has 1 aliphatic heterocycles. The van der Waals surface area contributed by atoms with Gasteiger partial charge >= 0.3 is 6.18 Å². The van der Waals surface area contributed by atoms with Crippen LogP contribution in [0.1, 0.15) is 24.6 Å². The minimum Gasteiger partial charge on any atom is -0.380 e. The molecule has 2 N–H and O–H groups in total. The van der Waals surface area contributed by atoms with Crippen LogP contribution in [0.25, 0.3) is 0 Å². The zero-order chi connectivity index (χ0) is 21.2. The van der Waals surface area contributed by atoms with Crippen molar-refractivity contribution >= 4 is 28.9 Å². The van der Waals surface area contributed by atoms with Gasteiger partial charge < -0.3 is 15.4 Å². The van der Waals surface area contributed by atoms with E-state index in [-0.39, 0.29) is 34.5 Å². The highest BCUT2D eigenvalue weighted by Gasteiger charge is 2.37. The number of nitrogens with one attached hydrogen (secondary N) is 2. The standard InChI is InChI=1S/C19H18ClF4N3O2/c1-18(4-5-29-10-18)17(28)26-9-16-14(21)7-12(8-25-16)27-15-3-2-11(20)6-13(15)19(22,23)24/h2-3,6-8,27H,4-5,9-10H2,1H3,(H,26,28)/t18-/m1/s1. The van der Waals surface area contributed by atoms with E-state index in [0.717, 1.165) is 18.2 Å². The topological polar surface area (TPSA) is 63.2 Å². The fourth-order valence-corrected chi connectivity index (χ4v) is 3.08. The molecule has 1 saturated heterocycles. The third kappa shape index (κ3) is 4.97. The molecule has 1 aliphatic rings. The Bertz CT molecular complexity index is 915. The lowest BCUT2D eigenvalue weighted by molar-refractivity contribution is -0.137. The van der Waals surface area contributed by atoms with Crippen LogP contribution in [0.3, 0.4) is 0 Å². The van der Waals surface area contributed by atoms with Gasteiger partial charge in [-0.25, -0.2) is 4.39 Å². The van der Waals surface area contributed by atoms with Crippen LogP contribution >= 0.6 is 11.6 Å². The summed E-state index contributed by atoms with van der Waals surface area (Å²) in [5, 5.41) is 5.06. The van der Waals surface area contributed by atoms with Crippen molar-refractivity contribution in [3.63, 3.8) is 0 Å². The maximum atomic E-state index is 14.4.